The maximum atomic E-state index is 13.1. The minimum absolute atomic E-state index is 0.172. The summed E-state index contributed by atoms with van der Waals surface area (Å²) in [5.74, 6) is 0.0546. The highest BCUT2D eigenvalue weighted by atomic mass is 35.5. The molecule has 8 heteroatoms. The summed E-state index contributed by atoms with van der Waals surface area (Å²) in [7, 11) is 0. The van der Waals surface area contributed by atoms with Crippen LogP contribution in [-0.4, -0.2) is 27.7 Å². The number of amides is 2. The standard InChI is InChI=1S/C20H21Cl2N3O2S/c21-14-8-4-7-13-11-25(19(27)17(13)14)15(9-12-5-2-1-3-6-12)18(26)24-20-23-10-16(22)28-20/h4,7-8,10,12,15H,1-3,5-6,9,11H2,(H,23,24,26). The molecule has 148 valence electrons. The molecule has 0 radical (unpaired) electrons. The lowest BCUT2D eigenvalue weighted by molar-refractivity contribution is -0.121. The van der Waals surface area contributed by atoms with Crippen LogP contribution in [0.2, 0.25) is 9.36 Å². The van der Waals surface area contributed by atoms with Crippen LogP contribution in [0.1, 0.15) is 54.4 Å². The maximum Gasteiger partial charge on any atom is 0.256 e. The lowest BCUT2D eigenvalue weighted by Crippen LogP contribution is -2.45. The van der Waals surface area contributed by atoms with Gasteiger partial charge in [-0.3, -0.25) is 9.59 Å². The molecule has 1 unspecified atom stereocenters. The average Bonchev–Trinajstić information content (AvgIpc) is 3.24. The first kappa shape index (κ1) is 19.7. The Morgan fingerprint density at radius 3 is 2.75 bits per heavy atom. The number of aromatic nitrogens is 1. The second kappa shape index (κ2) is 8.39. The topological polar surface area (TPSA) is 62.3 Å². The molecular formula is C20H21Cl2N3O2S. The molecule has 4 rings (SSSR count). The maximum absolute atomic E-state index is 13.1. The molecule has 28 heavy (non-hydrogen) atoms. The van der Waals surface area contributed by atoms with E-state index in [1.54, 1.807) is 11.0 Å². The van der Waals surface area contributed by atoms with Gasteiger partial charge in [-0.25, -0.2) is 4.98 Å². The molecule has 0 bridgehead atoms. The van der Waals surface area contributed by atoms with Crippen molar-refractivity contribution in [1.29, 1.82) is 0 Å². The Hall–Kier alpha value is -1.63. The van der Waals surface area contributed by atoms with Crippen LogP contribution in [0.5, 0.6) is 0 Å². The Balaban J connectivity index is 1.58. The van der Waals surface area contributed by atoms with Crippen LogP contribution in [0.25, 0.3) is 0 Å². The number of anilines is 1. The van der Waals surface area contributed by atoms with Crippen molar-refractivity contribution in [3.8, 4) is 0 Å². The van der Waals surface area contributed by atoms with Crippen molar-refractivity contribution in [2.45, 2.75) is 51.1 Å². The van der Waals surface area contributed by atoms with Crippen molar-refractivity contribution in [3.63, 3.8) is 0 Å². The van der Waals surface area contributed by atoms with Crippen LogP contribution in [0.3, 0.4) is 0 Å². The number of carbonyl (C=O) groups is 2. The molecule has 0 spiro atoms. The first-order valence-electron chi connectivity index (χ1n) is 9.53. The first-order valence-corrected chi connectivity index (χ1v) is 11.1. The molecule has 5 nitrogen and oxygen atoms in total. The van der Waals surface area contributed by atoms with Crippen molar-refractivity contribution >= 4 is 51.5 Å². The van der Waals surface area contributed by atoms with Gasteiger partial charge < -0.3 is 10.2 Å². The summed E-state index contributed by atoms with van der Waals surface area (Å²) >= 11 is 13.4. The quantitative estimate of drug-likeness (QED) is 0.682. The average molecular weight is 438 g/mol. The molecule has 1 fully saturated rings. The van der Waals surface area contributed by atoms with Gasteiger partial charge in [0.2, 0.25) is 5.91 Å². The lowest BCUT2D eigenvalue weighted by Gasteiger charge is -2.31. The number of hydrogen-bond donors (Lipinski definition) is 1. The summed E-state index contributed by atoms with van der Waals surface area (Å²) in [6, 6.07) is 4.90. The van der Waals surface area contributed by atoms with Crippen molar-refractivity contribution in [2.24, 2.45) is 5.92 Å². The summed E-state index contributed by atoms with van der Waals surface area (Å²) < 4.78 is 0.510. The summed E-state index contributed by atoms with van der Waals surface area (Å²) in [6.07, 6.45) is 7.97. The second-order valence-electron chi connectivity index (χ2n) is 7.42. The van der Waals surface area contributed by atoms with Gasteiger partial charge in [-0.05, 0) is 24.0 Å². The normalized spacial score (nSPS) is 18.2. The smallest absolute Gasteiger partial charge is 0.256 e. The number of halogens is 2. The molecule has 0 saturated heterocycles. The fourth-order valence-corrected chi connectivity index (χ4v) is 5.30. The molecule has 1 aliphatic heterocycles. The second-order valence-corrected chi connectivity index (χ2v) is 9.49. The zero-order chi connectivity index (χ0) is 19.7. The number of benzene rings is 1. The van der Waals surface area contributed by atoms with Crippen LogP contribution >= 0.6 is 34.5 Å². The van der Waals surface area contributed by atoms with Gasteiger partial charge in [-0.1, -0.05) is 78.8 Å². The minimum Gasteiger partial charge on any atom is -0.322 e. The summed E-state index contributed by atoms with van der Waals surface area (Å²) in [5, 5.41) is 3.74. The van der Waals surface area contributed by atoms with Gasteiger partial charge in [0.05, 0.1) is 16.8 Å². The number of thiazole rings is 1. The fraction of sp³-hybridized carbons (Fsp3) is 0.450. The summed E-state index contributed by atoms with van der Waals surface area (Å²) in [6.45, 7) is 0.401. The Morgan fingerprint density at radius 1 is 1.29 bits per heavy atom. The van der Waals surface area contributed by atoms with E-state index >= 15 is 0 Å². The van der Waals surface area contributed by atoms with Crippen molar-refractivity contribution < 1.29 is 9.59 Å². The van der Waals surface area contributed by atoms with Crippen molar-refractivity contribution in [3.05, 3.63) is 44.9 Å². The summed E-state index contributed by atoms with van der Waals surface area (Å²) in [4.78, 5) is 32.0. The van der Waals surface area contributed by atoms with E-state index in [9.17, 15) is 9.59 Å². The molecule has 1 N–H and O–H groups in total. The number of hydrogen-bond acceptors (Lipinski definition) is 4. The highest BCUT2D eigenvalue weighted by Gasteiger charge is 2.39. The zero-order valence-electron chi connectivity index (χ0n) is 15.3. The predicted molar refractivity (Wildman–Crippen MR) is 112 cm³/mol. The monoisotopic (exact) mass is 437 g/mol. The molecule has 2 heterocycles. The SMILES string of the molecule is O=C(Nc1ncc(Cl)s1)C(CC1CCCCC1)N1Cc2cccc(Cl)c2C1=O. The number of fused-ring (bicyclic) bond motifs is 1. The molecule has 1 aliphatic carbocycles. The number of carbonyl (C=O) groups excluding carboxylic acids is 2. The summed E-state index contributed by atoms with van der Waals surface area (Å²) in [5.41, 5.74) is 1.39. The first-order chi connectivity index (χ1) is 13.5. The molecule has 2 aromatic rings. The molecule has 2 amide bonds. The Bertz CT molecular complexity index is 895. The molecule has 1 saturated carbocycles. The number of nitrogens with one attached hydrogen (secondary N) is 1. The van der Waals surface area contributed by atoms with Crippen LogP contribution in [0, 0.1) is 5.92 Å². The van der Waals surface area contributed by atoms with Gasteiger partial charge in [0, 0.05) is 6.54 Å². The van der Waals surface area contributed by atoms with Crippen molar-refractivity contribution in [1.82, 2.24) is 9.88 Å². The Kier molecular flexibility index (Phi) is 5.90. The fourth-order valence-electron chi connectivity index (χ4n) is 4.21. The van der Waals surface area contributed by atoms with E-state index in [4.69, 9.17) is 23.2 Å². The molecule has 1 atom stereocenters. The van der Waals surface area contributed by atoms with E-state index in [1.165, 1.54) is 36.8 Å². The van der Waals surface area contributed by atoms with E-state index < -0.39 is 6.04 Å². The Labute approximate surface area is 178 Å². The predicted octanol–water partition coefficient (Wildman–Crippen LogP) is 5.38. The minimum atomic E-state index is -0.554. The third-order valence-corrected chi connectivity index (χ3v) is 6.93. The molecule has 1 aromatic heterocycles. The molecule has 1 aromatic carbocycles. The largest absolute Gasteiger partial charge is 0.322 e. The third-order valence-electron chi connectivity index (χ3n) is 5.58. The highest BCUT2D eigenvalue weighted by Crippen LogP contribution is 2.35. The van der Waals surface area contributed by atoms with Gasteiger partial charge in [0.15, 0.2) is 5.13 Å². The zero-order valence-corrected chi connectivity index (χ0v) is 17.6. The van der Waals surface area contributed by atoms with Gasteiger partial charge in [0.1, 0.15) is 10.4 Å². The number of rotatable bonds is 5. The van der Waals surface area contributed by atoms with Crippen molar-refractivity contribution in [2.75, 3.05) is 5.32 Å². The lowest BCUT2D eigenvalue weighted by atomic mass is 9.84. The van der Waals surface area contributed by atoms with Gasteiger partial charge in [-0.2, -0.15) is 0 Å². The highest BCUT2D eigenvalue weighted by molar-refractivity contribution is 7.19. The van der Waals surface area contributed by atoms with Crippen LogP contribution in [-0.2, 0) is 11.3 Å². The molecule has 2 aliphatic rings. The molecular weight excluding hydrogens is 417 g/mol. The van der Waals surface area contributed by atoms with Crippen LogP contribution < -0.4 is 5.32 Å². The van der Waals surface area contributed by atoms with Gasteiger partial charge >= 0.3 is 0 Å². The third kappa shape index (κ3) is 4.04. The van der Waals surface area contributed by atoms with Gasteiger partial charge in [-0.15, -0.1) is 0 Å². The van der Waals surface area contributed by atoms with Crippen LogP contribution in [0.15, 0.2) is 24.4 Å². The van der Waals surface area contributed by atoms with E-state index in [0.717, 1.165) is 18.4 Å². The van der Waals surface area contributed by atoms with E-state index in [-0.39, 0.29) is 11.8 Å². The van der Waals surface area contributed by atoms with E-state index in [2.05, 4.69) is 10.3 Å². The van der Waals surface area contributed by atoms with Gasteiger partial charge in [0.25, 0.3) is 5.91 Å². The van der Waals surface area contributed by atoms with Crippen LogP contribution in [0.4, 0.5) is 5.13 Å². The Morgan fingerprint density at radius 2 is 2.07 bits per heavy atom. The number of nitrogens with zero attached hydrogens (tertiary/aromatic N) is 2. The van der Waals surface area contributed by atoms with E-state index in [1.807, 2.05) is 12.1 Å². The van der Waals surface area contributed by atoms with E-state index in [0.29, 0.717) is 38.9 Å².